The lowest BCUT2D eigenvalue weighted by Crippen LogP contribution is -2.17. The molecule has 0 fully saturated rings. The third-order valence-electron chi connectivity index (χ3n) is 4.14. The van der Waals surface area contributed by atoms with Gasteiger partial charge in [0.15, 0.2) is 11.5 Å². The van der Waals surface area contributed by atoms with Gasteiger partial charge in [-0.15, -0.1) is 0 Å². The first kappa shape index (κ1) is 12.4. The second-order valence-electron chi connectivity index (χ2n) is 5.44. The number of aryl methyl sites for hydroxylation is 1. The molecule has 0 amide bonds. The quantitative estimate of drug-likeness (QED) is 0.872. The van der Waals surface area contributed by atoms with Crippen LogP contribution >= 0.6 is 0 Å². The zero-order chi connectivity index (χ0) is 14.4. The van der Waals surface area contributed by atoms with Crippen molar-refractivity contribution in [1.29, 1.82) is 0 Å². The molecule has 0 radical (unpaired) electrons. The number of carbonyl (C=O) groups is 1. The molecule has 1 aromatic carbocycles. The highest BCUT2D eigenvalue weighted by atomic mass is 16.6. The van der Waals surface area contributed by atoms with Crippen LogP contribution in [-0.4, -0.2) is 29.3 Å². The van der Waals surface area contributed by atoms with Crippen molar-refractivity contribution in [2.24, 2.45) is 0 Å². The second kappa shape index (κ2) is 4.62. The molecule has 1 aromatic heterocycles. The van der Waals surface area contributed by atoms with Gasteiger partial charge in [-0.2, -0.15) is 0 Å². The minimum Gasteiger partial charge on any atom is -0.486 e. The molecule has 2 aromatic rings. The average Bonchev–Trinajstić information content (AvgIpc) is 2.50. The number of pyridine rings is 1. The van der Waals surface area contributed by atoms with Crippen molar-refractivity contribution < 1.29 is 19.4 Å². The van der Waals surface area contributed by atoms with Crippen LogP contribution in [0.2, 0.25) is 0 Å². The lowest BCUT2D eigenvalue weighted by molar-refractivity contribution is 0.0697. The number of carboxylic acids is 1. The second-order valence-corrected chi connectivity index (χ2v) is 5.44. The monoisotopic (exact) mass is 285 g/mol. The van der Waals surface area contributed by atoms with Crippen molar-refractivity contribution in [3.63, 3.8) is 0 Å². The maximum Gasteiger partial charge on any atom is 0.336 e. The first-order valence-electron chi connectivity index (χ1n) is 7.22. The summed E-state index contributed by atoms with van der Waals surface area (Å²) in [5.74, 6) is 0.361. The molecule has 0 spiro atoms. The summed E-state index contributed by atoms with van der Waals surface area (Å²) in [6.07, 6.45) is 3.72. The number of nitrogens with zero attached hydrogens (tertiary/aromatic N) is 1. The number of rotatable bonds is 1. The standard InChI is InChI=1S/C16H15NO4/c18-16(19)15-9-3-1-2-4-11(9)17-12-8-14-13(7-10(12)15)20-5-6-21-14/h7-8H,1-6H2,(H,18,19). The third kappa shape index (κ3) is 1.92. The number of aromatic carboxylic acids is 1. The van der Waals surface area contributed by atoms with Crippen LogP contribution in [0.25, 0.3) is 10.9 Å². The van der Waals surface area contributed by atoms with Gasteiger partial charge in [0.1, 0.15) is 13.2 Å². The molecule has 0 atom stereocenters. The van der Waals surface area contributed by atoms with Crippen LogP contribution in [0.4, 0.5) is 0 Å². The van der Waals surface area contributed by atoms with Crippen molar-refractivity contribution in [3.05, 3.63) is 29.0 Å². The van der Waals surface area contributed by atoms with E-state index < -0.39 is 5.97 Å². The fourth-order valence-corrected chi connectivity index (χ4v) is 3.21. The van der Waals surface area contributed by atoms with Crippen molar-refractivity contribution in [3.8, 4) is 11.5 Å². The zero-order valence-corrected chi connectivity index (χ0v) is 11.5. The van der Waals surface area contributed by atoms with Gasteiger partial charge >= 0.3 is 5.97 Å². The number of benzene rings is 1. The van der Waals surface area contributed by atoms with Crippen molar-refractivity contribution in [2.75, 3.05) is 13.2 Å². The molecular formula is C16H15NO4. The third-order valence-corrected chi connectivity index (χ3v) is 4.14. The van der Waals surface area contributed by atoms with Gasteiger partial charge in [0.05, 0.1) is 11.1 Å². The molecule has 5 nitrogen and oxygen atoms in total. The van der Waals surface area contributed by atoms with Gasteiger partial charge < -0.3 is 14.6 Å². The first-order valence-corrected chi connectivity index (χ1v) is 7.22. The molecule has 108 valence electrons. The number of hydrogen-bond donors (Lipinski definition) is 1. The van der Waals surface area contributed by atoms with E-state index in [1.54, 1.807) is 12.1 Å². The lowest BCUT2D eigenvalue weighted by Gasteiger charge is -2.22. The van der Waals surface area contributed by atoms with E-state index in [1.165, 1.54) is 0 Å². The summed E-state index contributed by atoms with van der Waals surface area (Å²) < 4.78 is 11.1. The van der Waals surface area contributed by atoms with Gasteiger partial charge in [0.2, 0.25) is 0 Å². The van der Waals surface area contributed by atoms with Gasteiger partial charge in [-0.1, -0.05) is 0 Å². The first-order chi connectivity index (χ1) is 10.2. The summed E-state index contributed by atoms with van der Waals surface area (Å²) in [6, 6.07) is 3.56. The van der Waals surface area contributed by atoms with E-state index >= 15 is 0 Å². The Labute approximate surface area is 121 Å². The summed E-state index contributed by atoms with van der Waals surface area (Å²) in [6.45, 7) is 0.995. The summed E-state index contributed by atoms with van der Waals surface area (Å²) in [5.41, 5.74) is 2.87. The van der Waals surface area contributed by atoms with E-state index in [4.69, 9.17) is 9.47 Å². The zero-order valence-electron chi connectivity index (χ0n) is 11.5. The van der Waals surface area contributed by atoms with Crippen LogP contribution < -0.4 is 9.47 Å². The van der Waals surface area contributed by atoms with Crippen LogP contribution in [-0.2, 0) is 12.8 Å². The summed E-state index contributed by atoms with van der Waals surface area (Å²) in [4.78, 5) is 16.4. The molecule has 0 saturated carbocycles. The van der Waals surface area contributed by atoms with Gasteiger partial charge in [-0.05, 0) is 37.3 Å². The molecule has 4 rings (SSSR count). The Balaban J connectivity index is 2.05. The summed E-state index contributed by atoms with van der Waals surface area (Å²) >= 11 is 0. The average molecular weight is 285 g/mol. The molecule has 0 unspecified atom stereocenters. The minimum atomic E-state index is -0.891. The highest BCUT2D eigenvalue weighted by Gasteiger charge is 2.24. The molecule has 1 aliphatic carbocycles. The fourth-order valence-electron chi connectivity index (χ4n) is 3.21. The number of aromatic nitrogens is 1. The largest absolute Gasteiger partial charge is 0.486 e. The molecule has 1 N–H and O–H groups in total. The van der Waals surface area contributed by atoms with Gasteiger partial charge in [-0.3, -0.25) is 4.98 Å². The van der Waals surface area contributed by atoms with Crippen molar-refractivity contribution >= 4 is 16.9 Å². The Hall–Kier alpha value is -2.30. The van der Waals surface area contributed by atoms with Crippen LogP contribution in [0, 0.1) is 0 Å². The molecule has 2 aliphatic rings. The van der Waals surface area contributed by atoms with E-state index in [0.29, 0.717) is 41.2 Å². The van der Waals surface area contributed by atoms with E-state index in [-0.39, 0.29) is 0 Å². The predicted octanol–water partition coefficient (Wildman–Crippen LogP) is 2.58. The lowest BCUT2D eigenvalue weighted by atomic mass is 9.90. The molecule has 1 aliphatic heterocycles. The Morgan fingerprint density at radius 2 is 1.81 bits per heavy atom. The minimum absolute atomic E-state index is 0.381. The maximum absolute atomic E-state index is 11.8. The topological polar surface area (TPSA) is 68.7 Å². The summed E-state index contributed by atoms with van der Waals surface area (Å²) in [7, 11) is 0. The fraction of sp³-hybridized carbons (Fsp3) is 0.375. The van der Waals surface area contributed by atoms with E-state index in [2.05, 4.69) is 4.98 Å². The Morgan fingerprint density at radius 3 is 2.57 bits per heavy atom. The smallest absolute Gasteiger partial charge is 0.336 e. The van der Waals surface area contributed by atoms with Gasteiger partial charge in [0.25, 0.3) is 0 Å². The van der Waals surface area contributed by atoms with E-state index in [1.807, 2.05) is 0 Å². The van der Waals surface area contributed by atoms with E-state index in [0.717, 1.165) is 36.9 Å². The molecule has 0 bridgehead atoms. The number of ether oxygens (including phenoxy) is 2. The number of carboxylic acid groups (broad SMARTS) is 1. The predicted molar refractivity (Wildman–Crippen MR) is 76.3 cm³/mol. The van der Waals surface area contributed by atoms with Crippen molar-refractivity contribution in [2.45, 2.75) is 25.7 Å². The number of fused-ring (bicyclic) bond motifs is 3. The highest BCUT2D eigenvalue weighted by molar-refractivity contribution is 6.05. The van der Waals surface area contributed by atoms with E-state index in [9.17, 15) is 9.90 Å². The molecule has 5 heteroatoms. The van der Waals surface area contributed by atoms with Crippen molar-refractivity contribution in [1.82, 2.24) is 4.98 Å². The molecular weight excluding hydrogens is 270 g/mol. The molecule has 0 saturated heterocycles. The number of hydrogen-bond acceptors (Lipinski definition) is 4. The van der Waals surface area contributed by atoms with Crippen LogP contribution in [0.1, 0.15) is 34.5 Å². The maximum atomic E-state index is 11.8. The Kier molecular flexibility index (Phi) is 2.74. The van der Waals surface area contributed by atoms with Crippen LogP contribution in [0.3, 0.4) is 0 Å². The SMILES string of the molecule is O=C(O)c1c2c(nc3cc4c(cc13)OCCO4)CCCC2. The Bertz CT molecular complexity index is 749. The summed E-state index contributed by atoms with van der Waals surface area (Å²) in [5, 5.41) is 10.3. The molecule has 2 heterocycles. The van der Waals surface area contributed by atoms with Crippen LogP contribution in [0.15, 0.2) is 12.1 Å². The highest BCUT2D eigenvalue weighted by Crippen LogP contribution is 2.37. The van der Waals surface area contributed by atoms with Gasteiger partial charge in [0, 0.05) is 17.1 Å². The van der Waals surface area contributed by atoms with Crippen LogP contribution in [0.5, 0.6) is 11.5 Å². The molecule has 21 heavy (non-hydrogen) atoms. The van der Waals surface area contributed by atoms with Gasteiger partial charge in [-0.25, -0.2) is 4.79 Å². The Morgan fingerprint density at radius 1 is 1.10 bits per heavy atom. The normalized spacial score (nSPS) is 16.6.